The highest BCUT2D eigenvalue weighted by Crippen LogP contribution is 2.11. The van der Waals surface area contributed by atoms with Gasteiger partial charge in [-0.15, -0.1) is 0 Å². The monoisotopic (exact) mass is 349 g/mol. The summed E-state index contributed by atoms with van der Waals surface area (Å²) in [6, 6.07) is 14.6. The van der Waals surface area contributed by atoms with Crippen molar-refractivity contribution in [1.29, 1.82) is 0 Å². The normalized spacial score (nSPS) is 9.68. The van der Waals surface area contributed by atoms with Crippen LogP contribution in [0.15, 0.2) is 48.5 Å². The van der Waals surface area contributed by atoms with Crippen LogP contribution in [0, 0.1) is 5.82 Å². The molecule has 0 saturated heterocycles. The van der Waals surface area contributed by atoms with Crippen LogP contribution in [0.1, 0.15) is 11.1 Å². The van der Waals surface area contributed by atoms with Gasteiger partial charge in [0.25, 0.3) is 0 Å². The second kappa shape index (κ2) is 10.8. The van der Waals surface area contributed by atoms with E-state index in [1.54, 1.807) is 19.2 Å². The summed E-state index contributed by atoms with van der Waals surface area (Å²) in [6.45, 7) is 1.65. The first-order valence-electron chi connectivity index (χ1n) is 7.46. The summed E-state index contributed by atoms with van der Waals surface area (Å²) in [5.41, 5.74) is 2.36. The fourth-order valence-electron chi connectivity index (χ4n) is 1.86. The van der Waals surface area contributed by atoms with E-state index in [9.17, 15) is 4.39 Å². The van der Waals surface area contributed by atoms with Crippen molar-refractivity contribution in [2.45, 2.75) is 13.0 Å². The summed E-state index contributed by atoms with van der Waals surface area (Å²) in [4.78, 5) is 18.2. The maximum atomic E-state index is 12.7. The molecule has 0 unspecified atom stereocenters. The summed E-state index contributed by atoms with van der Waals surface area (Å²) in [6.07, 6.45) is 0.963. The Morgan fingerprint density at radius 1 is 0.960 bits per heavy atom. The number of rotatable bonds is 6. The van der Waals surface area contributed by atoms with Crippen molar-refractivity contribution in [2.75, 3.05) is 13.7 Å². The second-order valence-corrected chi connectivity index (χ2v) is 5.01. The molecule has 0 atom stereocenters. The number of carboxylic acid groups (broad SMARTS) is 2. The highest BCUT2D eigenvalue weighted by Gasteiger charge is 2.04. The zero-order valence-corrected chi connectivity index (χ0v) is 13.7. The first-order chi connectivity index (χ1) is 11.9. The van der Waals surface area contributed by atoms with Crippen molar-refractivity contribution in [3.8, 4) is 5.75 Å². The van der Waals surface area contributed by atoms with Gasteiger partial charge in [-0.05, 0) is 48.4 Å². The molecule has 6 nitrogen and oxygen atoms in total. The van der Waals surface area contributed by atoms with Crippen LogP contribution in [-0.4, -0.2) is 35.8 Å². The van der Waals surface area contributed by atoms with Gasteiger partial charge in [-0.2, -0.15) is 0 Å². The quantitative estimate of drug-likeness (QED) is 0.547. The third kappa shape index (κ3) is 8.47. The molecule has 0 aliphatic heterocycles. The van der Waals surface area contributed by atoms with E-state index in [1.165, 1.54) is 17.7 Å². The van der Waals surface area contributed by atoms with Crippen LogP contribution in [0.25, 0.3) is 0 Å². The molecule has 0 spiro atoms. The van der Waals surface area contributed by atoms with Crippen molar-refractivity contribution >= 4 is 11.9 Å². The fourth-order valence-corrected chi connectivity index (χ4v) is 1.86. The van der Waals surface area contributed by atoms with Gasteiger partial charge in [0, 0.05) is 6.54 Å². The van der Waals surface area contributed by atoms with Gasteiger partial charge in [0.1, 0.15) is 11.6 Å². The highest BCUT2D eigenvalue weighted by atomic mass is 19.1. The molecule has 25 heavy (non-hydrogen) atoms. The third-order valence-electron chi connectivity index (χ3n) is 3.17. The maximum absolute atomic E-state index is 12.7. The van der Waals surface area contributed by atoms with Gasteiger partial charge in [-0.25, -0.2) is 14.0 Å². The Kier molecular flexibility index (Phi) is 8.67. The molecule has 2 rings (SSSR count). The first-order valence-corrected chi connectivity index (χ1v) is 7.46. The second-order valence-electron chi connectivity index (χ2n) is 5.01. The molecule has 134 valence electrons. The molecular formula is C18H20FNO5. The van der Waals surface area contributed by atoms with Gasteiger partial charge in [0.05, 0.1) is 7.11 Å². The van der Waals surface area contributed by atoms with Crippen LogP contribution in [0.4, 0.5) is 4.39 Å². The summed E-state index contributed by atoms with van der Waals surface area (Å²) >= 11 is 0. The molecular weight excluding hydrogens is 329 g/mol. The van der Waals surface area contributed by atoms with E-state index in [1.807, 2.05) is 12.1 Å². The molecule has 0 aromatic heterocycles. The third-order valence-corrected chi connectivity index (χ3v) is 3.17. The number of aliphatic carboxylic acids is 2. The van der Waals surface area contributed by atoms with E-state index >= 15 is 0 Å². The van der Waals surface area contributed by atoms with E-state index in [4.69, 9.17) is 24.5 Å². The number of benzene rings is 2. The summed E-state index contributed by atoms with van der Waals surface area (Å²) in [5, 5.41) is 18.1. The number of halogens is 1. The average Bonchev–Trinajstić information content (AvgIpc) is 2.61. The molecule has 0 amide bonds. The van der Waals surface area contributed by atoms with E-state index < -0.39 is 11.9 Å². The Balaban J connectivity index is 0.000000450. The standard InChI is InChI=1S/C16H18FNO.C2H2O4/c1-19-16-8-4-13(5-9-16)10-11-18-12-14-2-6-15(17)7-3-14;3-1(4)2(5)6/h2-9,18H,10-12H2,1H3;(H,3,4)(H,5,6). The number of carbonyl (C=O) groups is 2. The van der Waals surface area contributed by atoms with Crippen LogP contribution in [0.3, 0.4) is 0 Å². The zero-order chi connectivity index (χ0) is 18.7. The predicted molar refractivity (Wildman–Crippen MR) is 90.1 cm³/mol. The minimum Gasteiger partial charge on any atom is -0.497 e. The minimum absolute atomic E-state index is 0.193. The number of hydrogen-bond acceptors (Lipinski definition) is 4. The largest absolute Gasteiger partial charge is 0.497 e. The van der Waals surface area contributed by atoms with Crippen molar-refractivity contribution in [2.24, 2.45) is 0 Å². The molecule has 0 fully saturated rings. The Bertz CT molecular complexity index is 659. The highest BCUT2D eigenvalue weighted by molar-refractivity contribution is 6.27. The molecule has 0 heterocycles. The number of nitrogens with one attached hydrogen (secondary N) is 1. The molecule has 3 N–H and O–H groups in total. The predicted octanol–water partition coefficient (Wildman–Crippen LogP) is 2.32. The average molecular weight is 349 g/mol. The zero-order valence-electron chi connectivity index (χ0n) is 13.7. The van der Waals surface area contributed by atoms with E-state index in [2.05, 4.69) is 17.4 Å². The topological polar surface area (TPSA) is 95.9 Å². The smallest absolute Gasteiger partial charge is 0.414 e. The van der Waals surface area contributed by atoms with Gasteiger partial charge >= 0.3 is 11.9 Å². The molecule has 0 radical (unpaired) electrons. The van der Waals surface area contributed by atoms with Crippen LogP contribution in [0.5, 0.6) is 5.75 Å². The molecule has 2 aromatic carbocycles. The molecule has 0 saturated carbocycles. The van der Waals surface area contributed by atoms with Crippen molar-refractivity contribution in [1.82, 2.24) is 5.32 Å². The summed E-state index contributed by atoms with van der Waals surface area (Å²) in [5.74, 6) is -2.96. The van der Waals surface area contributed by atoms with Crippen LogP contribution < -0.4 is 10.1 Å². The van der Waals surface area contributed by atoms with Crippen molar-refractivity contribution in [3.05, 3.63) is 65.5 Å². The van der Waals surface area contributed by atoms with Gasteiger partial charge in [-0.3, -0.25) is 0 Å². The van der Waals surface area contributed by atoms with Crippen LogP contribution in [0.2, 0.25) is 0 Å². The lowest BCUT2D eigenvalue weighted by Gasteiger charge is -2.06. The Morgan fingerprint density at radius 3 is 1.96 bits per heavy atom. The van der Waals surface area contributed by atoms with E-state index in [-0.39, 0.29) is 5.82 Å². The Labute approximate surface area is 144 Å². The lowest BCUT2D eigenvalue weighted by Crippen LogP contribution is -2.16. The summed E-state index contributed by atoms with van der Waals surface area (Å²) < 4.78 is 17.8. The molecule has 0 aliphatic carbocycles. The number of ether oxygens (including phenoxy) is 1. The lowest BCUT2D eigenvalue weighted by molar-refractivity contribution is -0.159. The van der Waals surface area contributed by atoms with Crippen molar-refractivity contribution in [3.63, 3.8) is 0 Å². The van der Waals surface area contributed by atoms with Crippen molar-refractivity contribution < 1.29 is 28.9 Å². The minimum atomic E-state index is -1.82. The van der Waals surface area contributed by atoms with Gasteiger partial charge in [0.15, 0.2) is 0 Å². The Morgan fingerprint density at radius 2 is 1.48 bits per heavy atom. The number of hydrogen-bond donors (Lipinski definition) is 3. The summed E-state index contributed by atoms with van der Waals surface area (Å²) in [7, 11) is 1.67. The number of methoxy groups -OCH3 is 1. The van der Waals surface area contributed by atoms with E-state index in [0.717, 1.165) is 30.8 Å². The molecule has 0 bridgehead atoms. The van der Waals surface area contributed by atoms with E-state index in [0.29, 0.717) is 0 Å². The maximum Gasteiger partial charge on any atom is 0.414 e. The lowest BCUT2D eigenvalue weighted by atomic mass is 10.1. The number of carboxylic acids is 2. The van der Waals surface area contributed by atoms with Gasteiger partial charge in [-0.1, -0.05) is 24.3 Å². The van der Waals surface area contributed by atoms with Crippen LogP contribution in [-0.2, 0) is 22.6 Å². The SMILES string of the molecule is COc1ccc(CCNCc2ccc(F)cc2)cc1.O=C(O)C(=O)O. The molecule has 2 aromatic rings. The van der Waals surface area contributed by atoms with Crippen LogP contribution >= 0.6 is 0 Å². The van der Waals surface area contributed by atoms with Gasteiger partial charge < -0.3 is 20.3 Å². The molecule has 7 heteroatoms. The molecule has 0 aliphatic rings. The Hall–Kier alpha value is -2.93. The van der Waals surface area contributed by atoms with Gasteiger partial charge in [0.2, 0.25) is 0 Å². The fraction of sp³-hybridized carbons (Fsp3) is 0.222. The first kappa shape index (κ1) is 20.1.